The first kappa shape index (κ1) is 11.1. The van der Waals surface area contributed by atoms with Crippen molar-refractivity contribution in [3.8, 4) is 0 Å². The zero-order valence-electron chi connectivity index (χ0n) is 9.37. The van der Waals surface area contributed by atoms with Crippen molar-refractivity contribution < 1.29 is 4.92 Å². The van der Waals surface area contributed by atoms with E-state index >= 15 is 0 Å². The lowest BCUT2D eigenvalue weighted by Gasteiger charge is -2.10. The van der Waals surface area contributed by atoms with Crippen molar-refractivity contribution in [2.75, 3.05) is 5.32 Å². The fourth-order valence-corrected chi connectivity index (χ4v) is 3.07. The summed E-state index contributed by atoms with van der Waals surface area (Å²) in [5.41, 5.74) is 2.13. The molecule has 1 heterocycles. The minimum absolute atomic E-state index is 0.0438. The molecule has 0 amide bonds. The van der Waals surface area contributed by atoms with Crippen molar-refractivity contribution in [1.29, 1.82) is 0 Å². The van der Waals surface area contributed by atoms with Crippen LogP contribution in [0.4, 0.5) is 11.4 Å². The summed E-state index contributed by atoms with van der Waals surface area (Å²) in [5.74, 6) is 0. The van der Waals surface area contributed by atoms with Crippen LogP contribution in [0.5, 0.6) is 0 Å². The number of thioether (sulfide) groups is 1. The van der Waals surface area contributed by atoms with Gasteiger partial charge in [0.1, 0.15) is 5.37 Å². The van der Waals surface area contributed by atoms with Gasteiger partial charge in [0.05, 0.1) is 4.92 Å². The van der Waals surface area contributed by atoms with E-state index in [0.29, 0.717) is 0 Å². The minimum Gasteiger partial charge on any atom is -0.368 e. The molecule has 4 nitrogen and oxygen atoms in total. The maximum Gasteiger partial charge on any atom is 0.269 e. The smallest absolute Gasteiger partial charge is 0.269 e. The second-order valence-electron chi connectivity index (χ2n) is 3.99. The largest absolute Gasteiger partial charge is 0.368 e. The number of fused-ring (bicyclic) bond motifs is 1. The van der Waals surface area contributed by atoms with Gasteiger partial charge in [-0.2, -0.15) is 0 Å². The third-order valence-corrected chi connectivity index (χ3v) is 4.04. The second-order valence-corrected chi connectivity index (χ2v) is 5.14. The number of anilines is 1. The second kappa shape index (κ2) is 4.34. The molecule has 1 N–H and O–H groups in total. The van der Waals surface area contributed by atoms with Gasteiger partial charge in [-0.05, 0) is 17.7 Å². The van der Waals surface area contributed by atoms with Crippen LogP contribution in [-0.2, 0) is 0 Å². The van der Waals surface area contributed by atoms with Gasteiger partial charge in [-0.25, -0.2) is 0 Å². The van der Waals surface area contributed by atoms with E-state index in [0.717, 1.165) is 11.3 Å². The Morgan fingerprint density at radius 2 is 2.00 bits per heavy atom. The molecule has 0 aliphatic carbocycles. The average molecular weight is 258 g/mol. The Balaban J connectivity index is 1.90. The standard InChI is InChI=1S/C13H10N2O2S/c16-15(17)10-5-3-4-9(8-10)13-14-11-6-1-2-7-12(11)18-13/h1-8,13-14H. The minimum atomic E-state index is -0.365. The predicted octanol–water partition coefficient (Wildman–Crippen LogP) is 3.81. The van der Waals surface area contributed by atoms with Crippen molar-refractivity contribution in [1.82, 2.24) is 0 Å². The molecule has 3 rings (SSSR count). The van der Waals surface area contributed by atoms with Gasteiger partial charge in [0.2, 0.25) is 0 Å². The van der Waals surface area contributed by atoms with Gasteiger partial charge < -0.3 is 5.32 Å². The Labute approximate surface area is 108 Å². The number of nitrogens with one attached hydrogen (secondary N) is 1. The number of non-ortho nitro benzene ring substituents is 1. The SMILES string of the molecule is O=[N+]([O-])c1cccc(C2Nc3ccccc3S2)c1. The summed E-state index contributed by atoms with van der Waals surface area (Å²) >= 11 is 1.68. The Hall–Kier alpha value is -2.01. The molecule has 1 unspecified atom stereocenters. The highest BCUT2D eigenvalue weighted by Gasteiger charge is 2.23. The summed E-state index contributed by atoms with van der Waals surface area (Å²) in [4.78, 5) is 11.6. The van der Waals surface area contributed by atoms with Crippen molar-refractivity contribution in [3.05, 3.63) is 64.2 Å². The maximum absolute atomic E-state index is 10.8. The Morgan fingerprint density at radius 1 is 1.17 bits per heavy atom. The molecule has 0 bridgehead atoms. The van der Waals surface area contributed by atoms with E-state index in [4.69, 9.17) is 0 Å². The average Bonchev–Trinajstić information content (AvgIpc) is 2.82. The van der Waals surface area contributed by atoms with E-state index in [1.54, 1.807) is 23.9 Å². The third kappa shape index (κ3) is 1.93. The molecule has 2 aromatic rings. The van der Waals surface area contributed by atoms with Crippen molar-refractivity contribution in [2.45, 2.75) is 10.3 Å². The molecule has 2 aromatic carbocycles. The maximum atomic E-state index is 10.8. The number of rotatable bonds is 2. The molecule has 0 spiro atoms. The molecule has 5 heteroatoms. The summed E-state index contributed by atoms with van der Waals surface area (Å²) in [7, 11) is 0. The monoisotopic (exact) mass is 258 g/mol. The molecule has 1 aliphatic rings. The lowest BCUT2D eigenvalue weighted by atomic mass is 10.2. The highest BCUT2D eigenvalue weighted by atomic mass is 32.2. The molecule has 0 saturated heterocycles. The summed E-state index contributed by atoms with van der Waals surface area (Å²) in [6.07, 6.45) is 0. The van der Waals surface area contributed by atoms with Crippen LogP contribution >= 0.6 is 11.8 Å². The molecule has 90 valence electrons. The molecule has 1 atom stereocenters. The summed E-state index contributed by atoms with van der Waals surface area (Å²) in [6, 6.07) is 14.8. The van der Waals surface area contributed by atoms with Gasteiger partial charge in [0.25, 0.3) is 5.69 Å². The number of nitro groups is 1. The van der Waals surface area contributed by atoms with Gasteiger partial charge in [0, 0.05) is 22.7 Å². The summed E-state index contributed by atoms with van der Waals surface area (Å²) in [5, 5.41) is 14.2. The fourth-order valence-electron chi connectivity index (χ4n) is 1.94. The normalized spacial score (nSPS) is 17.0. The van der Waals surface area contributed by atoms with Gasteiger partial charge >= 0.3 is 0 Å². The van der Waals surface area contributed by atoms with Crippen molar-refractivity contribution in [3.63, 3.8) is 0 Å². The lowest BCUT2D eigenvalue weighted by Crippen LogP contribution is -2.01. The van der Waals surface area contributed by atoms with E-state index in [-0.39, 0.29) is 16.0 Å². The lowest BCUT2D eigenvalue weighted by molar-refractivity contribution is -0.384. The van der Waals surface area contributed by atoms with Gasteiger partial charge in [-0.3, -0.25) is 10.1 Å². The highest BCUT2D eigenvalue weighted by Crippen LogP contribution is 2.46. The van der Waals surface area contributed by atoms with Crippen LogP contribution in [0.1, 0.15) is 10.9 Å². The van der Waals surface area contributed by atoms with Crippen LogP contribution in [0.3, 0.4) is 0 Å². The highest BCUT2D eigenvalue weighted by molar-refractivity contribution is 8.00. The van der Waals surface area contributed by atoms with Crippen LogP contribution in [0.25, 0.3) is 0 Å². The van der Waals surface area contributed by atoms with Gasteiger partial charge in [-0.15, -0.1) is 0 Å². The van der Waals surface area contributed by atoms with Crippen LogP contribution in [0.15, 0.2) is 53.4 Å². The van der Waals surface area contributed by atoms with Crippen LogP contribution < -0.4 is 5.32 Å². The first-order valence-electron chi connectivity index (χ1n) is 5.50. The van der Waals surface area contributed by atoms with Gasteiger partial charge in [-0.1, -0.05) is 36.0 Å². The summed E-state index contributed by atoms with van der Waals surface area (Å²) < 4.78 is 0. The number of para-hydroxylation sites is 1. The van der Waals surface area contributed by atoms with Crippen LogP contribution in [0.2, 0.25) is 0 Å². The molecule has 18 heavy (non-hydrogen) atoms. The zero-order valence-corrected chi connectivity index (χ0v) is 10.2. The quantitative estimate of drug-likeness (QED) is 0.657. The van der Waals surface area contributed by atoms with Crippen LogP contribution in [0, 0.1) is 10.1 Å². The molecular weight excluding hydrogens is 248 g/mol. The predicted molar refractivity (Wildman–Crippen MR) is 71.8 cm³/mol. The first-order valence-corrected chi connectivity index (χ1v) is 6.38. The Bertz CT molecular complexity index is 590. The summed E-state index contributed by atoms with van der Waals surface area (Å²) in [6.45, 7) is 0. The molecule has 0 radical (unpaired) electrons. The number of hydrogen-bond acceptors (Lipinski definition) is 4. The van der Waals surface area contributed by atoms with E-state index in [2.05, 4.69) is 5.32 Å². The molecular formula is C13H10N2O2S. The van der Waals surface area contributed by atoms with Crippen molar-refractivity contribution >= 4 is 23.1 Å². The van der Waals surface area contributed by atoms with E-state index in [1.165, 1.54) is 11.0 Å². The molecule has 1 aliphatic heterocycles. The topological polar surface area (TPSA) is 55.2 Å². The number of nitrogens with zero attached hydrogens (tertiary/aromatic N) is 1. The van der Waals surface area contributed by atoms with Gasteiger partial charge in [0.15, 0.2) is 0 Å². The molecule has 0 saturated carbocycles. The number of hydrogen-bond donors (Lipinski definition) is 1. The van der Waals surface area contributed by atoms with Crippen LogP contribution in [-0.4, -0.2) is 4.92 Å². The Morgan fingerprint density at radius 3 is 2.78 bits per heavy atom. The zero-order chi connectivity index (χ0) is 12.5. The first-order chi connectivity index (χ1) is 8.74. The van der Waals surface area contributed by atoms with E-state index < -0.39 is 0 Å². The third-order valence-electron chi connectivity index (χ3n) is 2.80. The fraction of sp³-hybridized carbons (Fsp3) is 0.0769. The molecule has 0 aromatic heterocycles. The molecule has 0 fully saturated rings. The van der Waals surface area contributed by atoms with E-state index in [9.17, 15) is 10.1 Å². The van der Waals surface area contributed by atoms with E-state index in [1.807, 2.05) is 30.3 Å². The number of benzene rings is 2. The Kier molecular flexibility index (Phi) is 2.68. The number of nitro benzene ring substituents is 1. The van der Waals surface area contributed by atoms with Crippen molar-refractivity contribution in [2.24, 2.45) is 0 Å².